The van der Waals surface area contributed by atoms with Crippen molar-refractivity contribution in [3.63, 3.8) is 0 Å². The van der Waals surface area contributed by atoms with Crippen molar-refractivity contribution >= 4 is 33.0 Å². The van der Waals surface area contributed by atoms with Crippen LogP contribution in [0.4, 0.5) is 14.5 Å². The highest BCUT2D eigenvalue weighted by atomic mass is 35.5. The molecule has 1 aromatic heterocycles. The van der Waals surface area contributed by atoms with E-state index in [9.17, 15) is 32.2 Å². The van der Waals surface area contributed by atoms with Gasteiger partial charge in [-0.1, -0.05) is 38.4 Å². The molecule has 5 rings (SSSR count). The van der Waals surface area contributed by atoms with Crippen LogP contribution in [-0.2, 0) is 15.3 Å². The first-order valence-corrected chi connectivity index (χ1v) is 15.7. The molecule has 2 aliphatic rings. The van der Waals surface area contributed by atoms with Gasteiger partial charge in [0, 0.05) is 28.4 Å². The summed E-state index contributed by atoms with van der Waals surface area (Å²) in [7, 11) is -4.06. The molecule has 0 aliphatic heterocycles. The van der Waals surface area contributed by atoms with E-state index in [4.69, 9.17) is 11.6 Å². The van der Waals surface area contributed by atoms with Crippen molar-refractivity contribution in [2.24, 2.45) is 11.8 Å². The molecule has 1 heterocycles. The quantitative estimate of drug-likeness (QED) is 0.312. The Morgan fingerprint density at radius 1 is 1.05 bits per heavy atom. The molecule has 11 heteroatoms. The second-order valence-electron chi connectivity index (χ2n) is 12.3. The van der Waals surface area contributed by atoms with Gasteiger partial charge < -0.3 is 15.5 Å². The maximum Gasteiger partial charge on any atom is 0.255 e. The van der Waals surface area contributed by atoms with E-state index in [2.05, 4.69) is 10.3 Å². The number of aliphatic hydroxyl groups is 2. The summed E-state index contributed by atoms with van der Waals surface area (Å²) in [5.41, 5.74) is -0.699. The van der Waals surface area contributed by atoms with Crippen molar-refractivity contribution < 1.29 is 32.2 Å². The molecule has 0 spiro atoms. The minimum absolute atomic E-state index is 0.00230. The van der Waals surface area contributed by atoms with Crippen molar-refractivity contribution in [3.05, 3.63) is 88.2 Å². The van der Waals surface area contributed by atoms with Crippen LogP contribution in [0.5, 0.6) is 0 Å². The van der Waals surface area contributed by atoms with E-state index in [1.165, 1.54) is 24.3 Å². The summed E-state index contributed by atoms with van der Waals surface area (Å²) >= 11 is 6.33. The Balaban J connectivity index is 1.38. The maximum atomic E-state index is 13.9. The van der Waals surface area contributed by atoms with Crippen molar-refractivity contribution in [2.75, 3.05) is 5.32 Å². The first kappa shape index (κ1) is 30.5. The number of hydrogen-bond donors (Lipinski definition) is 3. The van der Waals surface area contributed by atoms with Crippen molar-refractivity contribution in [2.45, 2.75) is 73.7 Å². The molecule has 42 heavy (non-hydrogen) atoms. The van der Waals surface area contributed by atoms with E-state index in [1.54, 1.807) is 12.1 Å². The second-order valence-corrected chi connectivity index (χ2v) is 14.9. The number of aliphatic hydroxyl groups excluding tert-OH is 1. The molecule has 5 atom stereocenters. The van der Waals surface area contributed by atoms with Gasteiger partial charge in [0.1, 0.15) is 11.7 Å². The molecule has 2 fully saturated rings. The van der Waals surface area contributed by atoms with Gasteiger partial charge in [0.05, 0.1) is 20.9 Å². The van der Waals surface area contributed by atoms with Crippen LogP contribution in [0.3, 0.4) is 0 Å². The van der Waals surface area contributed by atoms with Crippen molar-refractivity contribution in [1.82, 2.24) is 4.98 Å². The largest absolute Gasteiger partial charge is 0.386 e. The second kappa shape index (κ2) is 11.0. The number of halogens is 3. The highest BCUT2D eigenvalue weighted by Crippen LogP contribution is 2.56. The van der Waals surface area contributed by atoms with E-state index >= 15 is 0 Å². The molecular weight excluding hydrogens is 586 g/mol. The van der Waals surface area contributed by atoms with Gasteiger partial charge in [0.2, 0.25) is 0 Å². The molecule has 7 nitrogen and oxygen atoms in total. The number of nitrogens with one attached hydrogen (secondary N) is 1. The Morgan fingerprint density at radius 2 is 1.71 bits per heavy atom. The molecule has 2 aliphatic carbocycles. The summed E-state index contributed by atoms with van der Waals surface area (Å²) in [5.74, 6) is -3.92. The predicted octanol–water partition coefficient (Wildman–Crippen LogP) is 5.99. The number of nitrogens with zero attached hydrogens (tertiary/aromatic N) is 1. The monoisotopic (exact) mass is 618 g/mol. The maximum absolute atomic E-state index is 13.9. The normalized spacial score (nSPS) is 24.8. The third-order valence-corrected chi connectivity index (χ3v) is 11.3. The van der Waals surface area contributed by atoms with Crippen LogP contribution in [0.1, 0.15) is 74.3 Å². The third-order valence-electron chi connectivity index (χ3n) is 8.64. The lowest BCUT2D eigenvalue weighted by Gasteiger charge is -2.45. The highest BCUT2D eigenvalue weighted by molar-refractivity contribution is 7.92. The molecule has 224 valence electrons. The number of hydrogen-bond acceptors (Lipinski definition) is 6. The Hall–Kier alpha value is -2.92. The molecule has 1 amide bonds. The summed E-state index contributed by atoms with van der Waals surface area (Å²) in [6.07, 6.45) is 0.0223. The molecule has 2 saturated carbocycles. The minimum atomic E-state index is -4.06. The van der Waals surface area contributed by atoms with Gasteiger partial charge >= 0.3 is 0 Å². The average molecular weight is 619 g/mol. The third kappa shape index (κ3) is 5.45. The molecule has 3 N–H and O–H groups in total. The van der Waals surface area contributed by atoms with Gasteiger partial charge in [-0.2, -0.15) is 0 Å². The predicted molar refractivity (Wildman–Crippen MR) is 155 cm³/mol. The average Bonchev–Trinajstić information content (AvgIpc) is 3.10. The fraction of sp³-hybridized carbons (Fsp3) is 0.419. The van der Waals surface area contributed by atoms with Crippen LogP contribution < -0.4 is 5.32 Å². The van der Waals surface area contributed by atoms with Gasteiger partial charge in [-0.25, -0.2) is 17.2 Å². The van der Waals surface area contributed by atoms with Crippen LogP contribution in [0.2, 0.25) is 5.02 Å². The minimum Gasteiger partial charge on any atom is -0.386 e. The van der Waals surface area contributed by atoms with Gasteiger partial charge in [0.25, 0.3) is 5.91 Å². The van der Waals surface area contributed by atoms with Crippen LogP contribution in [0.15, 0.2) is 59.5 Å². The molecule has 2 aromatic carbocycles. The summed E-state index contributed by atoms with van der Waals surface area (Å²) in [6, 6.07) is 12.0. The SMILES string of the molecule is CC(C)(C)c1cccc(C(O)[C@@]2(O)C3CC[C@H]2CC(S(=O)(=O)c2cc(C(=O)Nc4ccc(F)c(F)c4)ccc2Cl)C3)n1. The number of benzene rings is 2. The number of sulfone groups is 1. The van der Waals surface area contributed by atoms with E-state index in [-0.39, 0.29) is 39.4 Å². The molecule has 3 aromatic rings. The fourth-order valence-corrected chi connectivity index (χ4v) is 8.72. The summed E-state index contributed by atoms with van der Waals surface area (Å²) in [5, 5.41) is 24.8. The number of carbonyl (C=O) groups excluding carboxylic acids is 1. The zero-order valence-electron chi connectivity index (χ0n) is 23.4. The lowest BCUT2D eigenvalue weighted by molar-refractivity contribution is -0.145. The Kier molecular flexibility index (Phi) is 7.98. The molecule has 0 saturated heterocycles. The van der Waals surface area contributed by atoms with E-state index in [0.717, 1.165) is 17.8 Å². The lowest BCUT2D eigenvalue weighted by Crippen LogP contribution is -2.52. The Morgan fingerprint density at radius 3 is 2.33 bits per heavy atom. The summed E-state index contributed by atoms with van der Waals surface area (Å²) < 4.78 is 54.6. The molecule has 2 bridgehead atoms. The van der Waals surface area contributed by atoms with Crippen LogP contribution in [0, 0.1) is 23.5 Å². The molecular formula is C31H33ClF2N2O5S. The van der Waals surface area contributed by atoms with Gasteiger partial charge in [0.15, 0.2) is 21.5 Å². The van der Waals surface area contributed by atoms with Crippen molar-refractivity contribution in [1.29, 1.82) is 0 Å². The van der Waals surface area contributed by atoms with Crippen molar-refractivity contribution in [3.8, 4) is 0 Å². The fourth-order valence-electron chi connectivity index (χ4n) is 6.32. The van der Waals surface area contributed by atoms with Crippen LogP contribution in [0.25, 0.3) is 0 Å². The van der Waals surface area contributed by atoms with Gasteiger partial charge in [-0.05, 0) is 80.0 Å². The Bertz CT molecular complexity index is 1630. The summed E-state index contributed by atoms with van der Waals surface area (Å²) in [6.45, 7) is 6.02. The van der Waals surface area contributed by atoms with E-state index in [0.29, 0.717) is 18.5 Å². The number of pyridine rings is 1. The smallest absolute Gasteiger partial charge is 0.255 e. The number of aromatic nitrogens is 1. The topological polar surface area (TPSA) is 117 Å². The Labute approximate surface area is 248 Å². The van der Waals surface area contributed by atoms with Crippen LogP contribution in [-0.4, -0.2) is 40.4 Å². The number of anilines is 1. The zero-order valence-corrected chi connectivity index (χ0v) is 25.0. The van der Waals surface area contributed by atoms with E-state index in [1.807, 2.05) is 26.8 Å². The van der Waals surface area contributed by atoms with Gasteiger partial charge in [-0.15, -0.1) is 0 Å². The van der Waals surface area contributed by atoms with E-state index < -0.39 is 56.2 Å². The number of rotatable bonds is 6. The van der Waals surface area contributed by atoms with Gasteiger partial charge in [-0.3, -0.25) is 9.78 Å². The zero-order chi connectivity index (χ0) is 30.6. The number of fused-ring (bicyclic) bond motifs is 2. The standard InChI is InChI=1S/C31H33ClF2N2O5S/c1-30(2,3)27-6-4-5-25(36-27)28(37)31(39)18-8-9-19(31)15-21(14-18)42(40,41)26-13-17(7-11-22(26)32)29(38)35-20-10-12-23(33)24(34)16-20/h4-7,10-13,16,18-19,21,28,37,39H,8-9,14-15H2,1-3H3,(H,35,38)/t18-,19?,21?,28?,31-/m0/s1. The molecule has 3 unspecified atom stereocenters. The number of amides is 1. The van der Waals surface area contributed by atoms with Crippen LogP contribution >= 0.6 is 11.6 Å². The summed E-state index contributed by atoms with van der Waals surface area (Å²) in [4.78, 5) is 17.2. The lowest BCUT2D eigenvalue weighted by atomic mass is 9.70. The highest BCUT2D eigenvalue weighted by Gasteiger charge is 2.59. The molecule has 0 radical (unpaired) electrons. The first-order chi connectivity index (χ1) is 19.6. The first-order valence-electron chi connectivity index (χ1n) is 13.8. The number of carbonyl (C=O) groups is 1.